The summed E-state index contributed by atoms with van der Waals surface area (Å²) in [5.74, 6) is 0.760. The lowest BCUT2D eigenvalue weighted by Gasteiger charge is -2.37. The zero-order chi connectivity index (χ0) is 29.3. The van der Waals surface area contributed by atoms with Crippen molar-refractivity contribution in [2.45, 2.75) is 56.8 Å². The van der Waals surface area contributed by atoms with Crippen LogP contribution in [-0.4, -0.2) is 55.4 Å². The van der Waals surface area contributed by atoms with E-state index in [-0.39, 0.29) is 12.7 Å². The maximum absolute atomic E-state index is 14.2. The van der Waals surface area contributed by atoms with Gasteiger partial charge in [-0.15, -0.1) is 0 Å². The van der Waals surface area contributed by atoms with Gasteiger partial charge in [-0.25, -0.2) is 14.4 Å². The number of benzene rings is 2. The number of pyridine rings is 1. The van der Waals surface area contributed by atoms with Crippen LogP contribution in [0.5, 0.6) is 5.88 Å². The molecular formula is C31H31ClFN5O4. The van der Waals surface area contributed by atoms with Gasteiger partial charge in [-0.2, -0.15) is 5.26 Å². The van der Waals surface area contributed by atoms with Crippen molar-refractivity contribution in [3.05, 3.63) is 88.1 Å². The number of aromatic nitrogens is 3. The molecule has 0 spiro atoms. The number of likely N-dealkylation sites (tertiary alicyclic amines) is 1. The summed E-state index contributed by atoms with van der Waals surface area (Å²) in [6.45, 7) is 3.30. The third-order valence-electron chi connectivity index (χ3n) is 8.22. The van der Waals surface area contributed by atoms with Gasteiger partial charge in [-0.1, -0.05) is 29.8 Å². The molecule has 2 aromatic heterocycles. The topological polar surface area (TPSA) is 117 Å². The van der Waals surface area contributed by atoms with Crippen molar-refractivity contribution < 1.29 is 24.1 Å². The first kappa shape index (κ1) is 28.5. The van der Waals surface area contributed by atoms with E-state index in [2.05, 4.69) is 20.5 Å². The van der Waals surface area contributed by atoms with Gasteiger partial charge < -0.3 is 24.3 Å². The van der Waals surface area contributed by atoms with Gasteiger partial charge in [0.05, 0.1) is 42.0 Å². The van der Waals surface area contributed by atoms with E-state index in [4.69, 9.17) is 26.1 Å². The van der Waals surface area contributed by atoms with Crippen LogP contribution in [0.1, 0.15) is 48.2 Å². The maximum atomic E-state index is 14.2. The van der Waals surface area contributed by atoms with Crippen molar-refractivity contribution in [2.24, 2.45) is 0 Å². The second-order valence-corrected chi connectivity index (χ2v) is 11.3. The van der Waals surface area contributed by atoms with Gasteiger partial charge in [0.15, 0.2) is 6.29 Å². The minimum absolute atomic E-state index is 0.00154. The lowest BCUT2D eigenvalue weighted by Crippen LogP contribution is -2.42. The minimum atomic E-state index is -1.56. The highest BCUT2D eigenvalue weighted by molar-refractivity contribution is 6.30. The van der Waals surface area contributed by atoms with Crippen molar-refractivity contribution in [2.75, 3.05) is 19.7 Å². The van der Waals surface area contributed by atoms with Crippen molar-refractivity contribution in [3.63, 3.8) is 0 Å². The summed E-state index contributed by atoms with van der Waals surface area (Å²) in [4.78, 5) is 11.8. The fourth-order valence-electron chi connectivity index (χ4n) is 5.58. The summed E-state index contributed by atoms with van der Waals surface area (Å²) >= 11 is 5.84. The third kappa shape index (κ3) is 5.84. The molecule has 2 aliphatic heterocycles. The van der Waals surface area contributed by atoms with E-state index in [0.29, 0.717) is 66.7 Å². The molecule has 4 heterocycles. The van der Waals surface area contributed by atoms with Crippen molar-refractivity contribution in [1.29, 1.82) is 5.26 Å². The Bertz CT molecular complexity index is 1630. The van der Waals surface area contributed by atoms with Crippen LogP contribution in [0.25, 0.3) is 11.0 Å². The predicted octanol–water partition coefficient (Wildman–Crippen LogP) is 4.63. The van der Waals surface area contributed by atoms with Crippen LogP contribution >= 0.6 is 11.6 Å². The lowest BCUT2D eigenvalue weighted by atomic mass is 9.76. The van der Waals surface area contributed by atoms with E-state index < -0.39 is 17.5 Å². The highest BCUT2D eigenvalue weighted by Crippen LogP contribution is 2.35. The average Bonchev–Trinajstić information content (AvgIpc) is 3.31. The Morgan fingerprint density at radius 2 is 1.95 bits per heavy atom. The molecule has 0 radical (unpaired) electrons. The number of hydrogen-bond donors (Lipinski definition) is 2. The van der Waals surface area contributed by atoms with E-state index in [1.54, 1.807) is 30.3 Å². The average molecular weight is 592 g/mol. The number of hydrogen-bond acceptors (Lipinski definition) is 8. The standard InChI is InChI=1S/C31H31ClFN5O4/c32-22-6-4-21(24(33)15-22)18-42-29-3-1-2-27(36-29)31(19-34)9-11-37(12-10-31)17-28-35-25-7-5-20(30(39)40)14-26(25)38(28)16-23-8-13-41-23/h1-7,14-15,23,30,39-40H,8-13,16-18H2/t23-/m0/s1. The van der Waals surface area contributed by atoms with E-state index in [1.165, 1.54) is 6.07 Å². The van der Waals surface area contributed by atoms with E-state index in [0.717, 1.165) is 29.9 Å². The first-order chi connectivity index (χ1) is 20.3. The highest BCUT2D eigenvalue weighted by Gasteiger charge is 2.38. The normalized spacial score (nSPS) is 18.6. The Hall–Kier alpha value is -3.59. The number of aliphatic hydroxyl groups excluding tert-OH is 1. The number of nitriles is 1. The quantitative estimate of drug-likeness (QED) is 0.271. The summed E-state index contributed by atoms with van der Waals surface area (Å²) < 4.78 is 27.8. The fourth-order valence-corrected chi connectivity index (χ4v) is 5.74. The minimum Gasteiger partial charge on any atom is -0.473 e. The molecule has 0 aliphatic carbocycles. The third-order valence-corrected chi connectivity index (χ3v) is 8.46. The Morgan fingerprint density at radius 3 is 2.64 bits per heavy atom. The van der Waals surface area contributed by atoms with Gasteiger partial charge in [-0.05, 0) is 49.6 Å². The van der Waals surface area contributed by atoms with Crippen molar-refractivity contribution >= 4 is 22.6 Å². The number of rotatable bonds is 9. The largest absolute Gasteiger partial charge is 0.473 e. The molecule has 11 heteroatoms. The zero-order valence-corrected chi connectivity index (χ0v) is 23.7. The van der Waals surface area contributed by atoms with Gasteiger partial charge >= 0.3 is 0 Å². The molecule has 2 saturated heterocycles. The summed E-state index contributed by atoms with van der Waals surface area (Å²) in [5.41, 5.74) is 2.29. The second-order valence-electron chi connectivity index (χ2n) is 10.9. The predicted molar refractivity (Wildman–Crippen MR) is 153 cm³/mol. The lowest BCUT2D eigenvalue weighted by molar-refractivity contribution is -0.0592. The number of ether oxygens (including phenoxy) is 2. The van der Waals surface area contributed by atoms with Gasteiger partial charge in [-0.3, -0.25) is 4.90 Å². The molecular weight excluding hydrogens is 561 g/mol. The maximum Gasteiger partial charge on any atom is 0.213 e. The monoisotopic (exact) mass is 591 g/mol. The molecule has 9 nitrogen and oxygen atoms in total. The van der Waals surface area contributed by atoms with Crippen LogP contribution in [0.3, 0.4) is 0 Å². The highest BCUT2D eigenvalue weighted by atomic mass is 35.5. The Morgan fingerprint density at radius 1 is 1.14 bits per heavy atom. The van der Waals surface area contributed by atoms with Crippen molar-refractivity contribution in [1.82, 2.24) is 19.4 Å². The second kappa shape index (κ2) is 12.0. The molecule has 2 aliphatic rings. The molecule has 0 amide bonds. The number of nitrogens with zero attached hydrogens (tertiary/aromatic N) is 5. The van der Waals surface area contributed by atoms with Crippen LogP contribution in [-0.2, 0) is 29.8 Å². The molecule has 218 valence electrons. The van der Waals surface area contributed by atoms with Crippen LogP contribution in [0.4, 0.5) is 4.39 Å². The molecule has 42 heavy (non-hydrogen) atoms. The van der Waals surface area contributed by atoms with Crippen LogP contribution in [0, 0.1) is 17.1 Å². The smallest absolute Gasteiger partial charge is 0.213 e. The summed E-state index contributed by atoms with van der Waals surface area (Å²) in [6, 6.07) is 17.6. The Kier molecular flexibility index (Phi) is 8.12. The van der Waals surface area contributed by atoms with Gasteiger partial charge in [0, 0.05) is 41.9 Å². The zero-order valence-electron chi connectivity index (χ0n) is 22.9. The van der Waals surface area contributed by atoms with Gasteiger partial charge in [0.25, 0.3) is 0 Å². The molecule has 6 rings (SSSR count). The molecule has 0 unspecified atom stereocenters. The molecule has 1 atom stereocenters. The molecule has 0 saturated carbocycles. The van der Waals surface area contributed by atoms with Crippen LogP contribution in [0.15, 0.2) is 54.6 Å². The number of halogens is 2. The molecule has 2 aromatic carbocycles. The van der Waals surface area contributed by atoms with E-state index in [9.17, 15) is 19.9 Å². The molecule has 2 fully saturated rings. The first-order valence-electron chi connectivity index (χ1n) is 14.0. The van der Waals surface area contributed by atoms with E-state index >= 15 is 0 Å². The Labute approximate surface area is 247 Å². The van der Waals surface area contributed by atoms with Gasteiger partial charge in [0.1, 0.15) is 23.7 Å². The van der Waals surface area contributed by atoms with Crippen LogP contribution in [0.2, 0.25) is 5.02 Å². The number of aliphatic hydroxyl groups is 2. The Balaban J connectivity index is 1.16. The van der Waals surface area contributed by atoms with Gasteiger partial charge in [0.2, 0.25) is 5.88 Å². The molecule has 2 N–H and O–H groups in total. The van der Waals surface area contributed by atoms with Crippen molar-refractivity contribution in [3.8, 4) is 11.9 Å². The first-order valence-corrected chi connectivity index (χ1v) is 14.4. The molecule has 4 aromatic rings. The van der Waals surface area contributed by atoms with E-state index in [1.807, 2.05) is 18.2 Å². The number of piperidine rings is 1. The fraction of sp³-hybridized carbons (Fsp3) is 0.387. The van der Waals surface area contributed by atoms with Crippen LogP contribution < -0.4 is 4.74 Å². The molecule has 0 bridgehead atoms. The summed E-state index contributed by atoms with van der Waals surface area (Å²) in [6.07, 6.45) is 0.684. The SMILES string of the molecule is N#CC1(c2cccc(OCc3ccc(Cl)cc3F)n2)CCN(Cc2nc3ccc(C(O)O)cc3n2C[C@@H]2CCO2)CC1. The summed E-state index contributed by atoms with van der Waals surface area (Å²) in [7, 11) is 0. The summed E-state index contributed by atoms with van der Waals surface area (Å²) in [5, 5.41) is 30.0. The number of imidazole rings is 1. The number of fused-ring (bicyclic) bond motifs is 1.